The van der Waals surface area contributed by atoms with E-state index in [1.54, 1.807) is 5.48 Å². The summed E-state index contributed by atoms with van der Waals surface area (Å²) in [4.78, 5) is 15.2. The van der Waals surface area contributed by atoms with E-state index in [2.05, 4.69) is 9.28 Å². The van der Waals surface area contributed by atoms with E-state index in [0.717, 1.165) is 30.5 Å². The van der Waals surface area contributed by atoms with Crippen LogP contribution in [-0.4, -0.2) is 26.5 Å². The lowest BCUT2D eigenvalue weighted by Gasteiger charge is -2.09. The molecule has 0 atom stereocenters. The molecule has 0 unspecified atom stereocenters. The molecule has 0 aliphatic heterocycles. The van der Waals surface area contributed by atoms with Gasteiger partial charge in [-0.2, -0.15) is 26.6 Å². The molecule has 13 heteroatoms. The first kappa shape index (κ1) is 20.7. The van der Waals surface area contributed by atoms with Crippen LogP contribution in [0.5, 0.6) is 0 Å². The molecule has 146 valence electrons. The van der Waals surface area contributed by atoms with Crippen LogP contribution >= 0.6 is 11.6 Å². The Hall–Kier alpha value is -2.57. The number of hydroxylamine groups is 1. The van der Waals surface area contributed by atoms with Gasteiger partial charge in [0.05, 0.1) is 16.8 Å². The molecule has 2 aromatic rings. The van der Waals surface area contributed by atoms with Gasteiger partial charge in [0.1, 0.15) is 5.76 Å². The highest BCUT2D eigenvalue weighted by Gasteiger charge is 2.31. The van der Waals surface area contributed by atoms with Crippen LogP contribution in [0, 0.1) is 0 Å². The van der Waals surface area contributed by atoms with Gasteiger partial charge >= 0.3 is 12.1 Å². The van der Waals surface area contributed by atoms with Crippen molar-refractivity contribution in [3.05, 3.63) is 46.7 Å². The molecule has 0 fully saturated rings. The predicted molar refractivity (Wildman–Crippen MR) is 89.2 cm³/mol. The Morgan fingerprint density at radius 1 is 1.30 bits per heavy atom. The van der Waals surface area contributed by atoms with Crippen LogP contribution in [0.25, 0.3) is 11.3 Å². The van der Waals surface area contributed by atoms with Crippen molar-refractivity contribution in [3.63, 3.8) is 0 Å². The Morgan fingerprint density at radius 3 is 2.56 bits per heavy atom. The summed E-state index contributed by atoms with van der Waals surface area (Å²) >= 11 is 5.89. The van der Waals surface area contributed by atoms with E-state index in [-0.39, 0.29) is 22.1 Å². The van der Waals surface area contributed by atoms with Gasteiger partial charge in [-0.3, -0.25) is 4.79 Å². The number of furan rings is 1. The number of hydrogen-bond acceptors (Lipinski definition) is 5. The standard InChI is InChI=1S/C14H11ClF3N3O5S/c1-27(23,24)26-21-13(19)20-12(22)11-5-4-10(25-11)8-6-7(14(16,17)18)2-3-9(8)15/h2-6H,1H3,(H3,19,20,21,22). The van der Waals surface area contributed by atoms with Crippen molar-refractivity contribution in [2.24, 2.45) is 10.7 Å². The average Bonchev–Trinajstić information content (AvgIpc) is 3.01. The van der Waals surface area contributed by atoms with Crippen molar-refractivity contribution in [2.45, 2.75) is 6.18 Å². The number of benzene rings is 1. The molecule has 2 rings (SSSR count). The SMILES string of the molecule is CS(=O)(=O)ONC(N)=NC(=O)c1ccc(-c2cc(C(F)(F)F)ccc2Cl)o1. The zero-order valence-electron chi connectivity index (χ0n) is 13.4. The summed E-state index contributed by atoms with van der Waals surface area (Å²) in [6.07, 6.45) is -3.86. The molecule has 1 heterocycles. The van der Waals surface area contributed by atoms with E-state index in [9.17, 15) is 26.4 Å². The number of guanidine groups is 1. The second-order valence-corrected chi connectivity index (χ2v) is 7.03. The van der Waals surface area contributed by atoms with Crippen LogP contribution in [0.2, 0.25) is 5.02 Å². The number of carbonyl (C=O) groups excluding carboxylic acids is 1. The summed E-state index contributed by atoms with van der Waals surface area (Å²) < 4.78 is 69.4. The van der Waals surface area contributed by atoms with E-state index in [0.29, 0.717) is 0 Å². The summed E-state index contributed by atoms with van der Waals surface area (Å²) in [5.41, 5.74) is 5.96. The topological polar surface area (TPSA) is 124 Å². The minimum Gasteiger partial charge on any atom is -0.451 e. The molecule has 8 nitrogen and oxygen atoms in total. The van der Waals surface area contributed by atoms with Crippen LogP contribution in [0.3, 0.4) is 0 Å². The van der Waals surface area contributed by atoms with E-state index >= 15 is 0 Å². The van der Waals surface area contributed by atoms with Gasteiger partial charge in [-0.1, -0.05) is 11.6 Å². The third kappa shape index (κ3) is 5.70. The Bertz CT molecular complexity index is 1000. The molecule has 1 amide bonds. The van der Waals surface area contributed by atoms with Crippen LogP contribution in [0.4, 0.5) is 13.2 Å². The first-order chi connectivity index (χ1) is 12.4. The molecule has 0 radical (unpaired) electrons. The summed E-state index contributed by atoms with van der Waals surface area (Å²) in [7, 11) is -3.89. The van der Waals surface area contributed by atoms with E-state index in [1.165, 1.54) is 6.07 Å². The number of amides is 1. The molecule has 27 heavy (non-hydrogen) atoms. The lowest BCUT2D eigenvalue weighted by Crippen LogP contribution is -2.34. The first-order valence-electron chi connectivity index (χ1n) is 6.87. The quantitative estimate of drug-likeness (QED) is 0.438. The minimum atomic E-state index is -4.59. The maximum atomic E-state index is 12.8. The molecule has 0 aliphatic rings. The maximum absolute atomic E-state index is 12.8. The van der Waals surface area contributed by atoms with Crippen molar-refractivity contribution >= 4 is 33.6 Å². The second kappa shape index (κ2) is 7.58. The lowest BCUT2D eigenvalue weighted by molar-refractivity contribution is -0.137. The highest BCUT2D eigenvalue weighted by atomic mass is 35.5. The smallest absolute Gasteiger partial charge is 0.416 e. The van der Waals surface area contributed by atoms with Gasteiger partial charge < -0.3 is 10.2 Å². The number of halogens is 4. The number of nitrogens with two attached hydrogens (primary N) is 1. The summed E-state index contributed by atoms with van der Waals surface area (Å²) in [6.45, 7) is 0. The molecular formula is C14H11ClF3N3O5S. The second-order valence-electron chi connectivity index (χ2n) is 5.05. The van der Waals surface area contributed by atoms with Crippen LogP contribution in [-0.2, 0) is 20.6 Å². The Kier molecular flexibility index (Phi) is 5.82. The van der Waals surface area contributed by atoms with Gasteiger partial charge in [0.2, 0.25) is 5.96 Å². The van der Waals surface area contributed by atoms with E-state index in [4.69, 9.17) is 21.8 Å². The molecule has 3 N–H and O–H groups in total. The van der Waals surface area contributed by atoms with Gasteiger partial charge in [0.15, 0.2) is 5.76 Å². The molecule has 0 saturated heterocycles. The third-order valence-corrected chi connectivity index (χ3v) is 3.61. The van der Waals surface area contributed by atoms with Gasteiger partial charge in [-0.05, 0) is 30.3 Å². The van der Waals surface area contributed by atoms with Gasteiger partial charge in [0.25, 0.3) is 10.1 Å². The summed E-state index contributed by atoms with van der Waals surface area (Å²) in [6, 6.07) is 4.99. The Labute approximate surface area is 155 Å². The number of carbonyl (C=O) groups is 1. The maximum Gasteiger partial charge on any atom is 0.416 e. The highest BCUT2D eigenvalue weighted by molar-refractivity contribution is 7.85. The largest absolute Gasteiger partial charge is 0.451 e. The van der Waals surface area contributed by atoms with Gasteiger partial charge in [0, 0.05) is 5.56 Å². The number of rotatable bonds is 4. The Morgan fingerprint density at radius 2 is 1.96 bits per heavy atom. The summed E-state index contributed by atoms with van der Waals surface area (Å²) in [5.74, 6) is -2.20. The predicted octanol–water partition coefficient (Wildman–Crippen LogP) is 2.55. The monoisotopic (exact) mass is 425 g/mol. The van der Waals surface area contributed by atoms with Gasteiger partial charge in [-0.25, -0.2) is 5.48 Å². The molecule has 1 aromatic heterocycles. The number of nitrogens with one attached hydrogen (secondary N) is 1. The van der Waals surface area contributed by atoms with Crippen molar-refractivity contribution < 1.29 is 35.1 Å². The lowest BCUT2D eigenvalue weighted by atomic mass is 10.1. The minimum absolute atomic E-state index is 0.0254. The number of hydrogen-bond donors (Lipinski definition) is 2. The number of nitrogens with zero attached hydrogens (tertiary/aromatic N) is 1. The molecular weight excluding hydrogens is 415 g/mol. The van der Waals surface area contributed by atoms with Crippen molar-refractivity contribution in [1.29, 1.82) is 0 Å². The van der Waals surface area contributed by atoms with E-state index < -0.39 is 33.7 Å². The fraction of sp³-hybridized carbons (Fsp3) is 0.143. The first-order valence-corrected chi connectivity index (χ1v) is 9.06. The molecule has 0 aliphatic carbocycles. The van der Waals surface area contributed by atoms with E-state index in [1.807, 2.05) is 0 Å². The van der Waals surface area contributed by atoms with Gasteiger partial charge in [-0.15, -0.1) is 4.28 Å². The normalized spacial score (nSPS) is 12.9. The third-order valence-electron chi connectivity index (χ3n) is 2.90. The molecule has 0 saturated carbocycles. The molecule has 1 aromatic carbocycles. The Balaban J connectivity index is 2.25. The zero-order valence-corrected chi connectivity index (χ0v) is 14.9. The number of aliphatic imine (C=N–C) groups is 1. The van der Waals surface area contributed by atoms with Crippen molar-refractivity contribution in [3.8, 4) is 11.3 Å². The van der Waals surface area contributed by atoms with Crippen LogP contribution < -0.4 is 11.2 Å². The van der Waals surface area contributed by atoms with Crippen LogP contribution in [0.15, 0.2) is 39.7 Å². The van der Waals surface area contributed by atoms with Crippen molar-refractivity contribution in [1.82, 2.24) is 5.48 Å². The molecule has 0 spiro atoms. The molecule has 0 bridgehead atoms. The van der Waals surface area contributed by atoms with Crippen molar-refractivity contribution in [2.75, 3.05) is 6.26 Å². The highest BCUT2D eigenvalue weighted by Crippen LogP contribution is 2.36. The van der Waals surface area contributed by atoms with Crippen LogP contribution in [0.1, 0.15) is 16.1 Å². The fourth-order valence-electron chi connectivity index (χ4n) is 1.79. The summed E-state index contributed by atoms with van der Waals surface area (Å²) in [5, 5.41) is -0.0254. The number of alkyl halides is 3. The zero-order chi connectivity index (χ0) is 20.4. The fourth-order valence-corrected chi connectivity index (χ4v) is 2.24. The average molecular weight is 426 g/mol.